The van der Waals surface area contributed by atoms with E-state index in [2.05, 4.69) is 12.2 Å². The van der Waals surface area contributed by atoms with Gasteiger partial charge in [-0.2, -0.15) is 0 Å². The third-order valence-electron chi connectivity index (χ3n) is 4.11. The van der Waals surface area contributed by atoms with Crippen LogP contribution in [-0.4, -0.2) is 26.4 Å². The number of rotatable bonds is 12. The molecule has 0 spiro atoms. The van der Waals surface area contributed by atoms with E-state index in [0.717, 1.165) is 42.5 Å². The summed E-state index contributed by atoms with van der Waals surface area (Å²) in [7, 11) is 1.66. The Morgan fingerprint density at radius 2 is 1.50 bits per heavy atom. The van der Waals surface area contributed by atoms with E-state index in [4.69, 9.17) is 14.2 Å². The SMILES string of the molecule is CCCCCCOc1ccc(NCC(C)Oc2ccc(OC)cc2)cc1. The third kappa shape index (κ3) is 7.26. The number of hydrogen-bond acceptors (Lipinski definition) is 4. The van der Waals surface area contributed by atoms with Crippen LogP contribution in [0.4, 0.5) is 5.69 Å². The highest BCUT2D eigenvalue weighted by molar-refractivity contribution is 5.46. The molecular weight excluding hydrogens is 326 g/mol. The monoisotopic (exact) mass is 357 g/mol. The van der Waals surface area contributed by atoms with Crippen LogP contribution >= 0.6 is 0 Å². The second-order valence-electron chi connectivity index (χ2n) is 6.42. The third-order valence-corrected chi connectivity index (χ3v) is 4.11. The normalized spacial score (nSPS) is 11.7. The molecule has 0 radical (unpaired) electrons. The number of benzene rings is 2. The predicted octanol–water partition coefficient (Wildman–Crippen LogP) is 5.53. The van der Waals surface area contributed by atoms with Crippen molar-refractivity contribution in [3.8, 4) is 17.2 Å². The van der Waals surface area contributed by atoms with Gasteiger partial charge in [-0.3, -0.25) is 0 Å². The summed E-state index contributed by atoms with van der Waals surface area (Å²) in [6.07, 6.45) is 4.94. The molecule has 4 heteroatoms. The van der Waals surface area contributed by atoms with Crippen LogP contribution in [-0.2, 0) is 0 Å². The fourth-order valence-electron chi connectivity index (χ4n) is 2.58. The van der Waals surface area contributed by atoms with Crippen molar-refractivity contribution in [3.05, 3.63) is 48.5 Å². The van der Waals surface area contributed by atoms with E-state index in [1.165, 1.54) is 19.3 Å². The van der Waals surface area contributed by atoms with Crippen molar-refractivity contribution in [1.29, 1.82) is 0 Å². The maximum Gasteiger partial charge on any atom is 0.120 e. The van der Waals surface area contributed by atoms with Crippen molar-refractivity contribution in [3.63, 3.8) is 0 Å². The van der Waals surface area contributed by atoms with Gasteiger partial charge in [0, 0.05) is 5.69 Å². The standard InChI is InChI=1S/C22H31NO3/c1-4-5-6-7-16-25-21-10-8-19(9-11-21)23-17-18(2)26-22-14-12-20(24-3)13-15-22/h8-15,18,23H,4-7,16-17H2,1-3H3. The Hall–Kier alpha value is -2.36. The second kappa shape index (κ2) is 11.3. The topological polar surface area (TPSA) is 39.7 Å². The Morgan fingerprint density at radius 3 is 2.15 bits per heavy atom. The smallest absolute Gasteiger partial charge is 0.120 e. The van der Waals surface area contributed by atoms with Crippen molar-refractivity contribution >= 4 is 5.69 Å². The minimum absolute atomic E-state index is 0.0536. The van der Waals surface area contributed by atoms with E-state index >= 15 is 0 Å². The Kier molecular flexibility index (Phi) is 8.67. The molecule has 0 fully saturated rings. The van der Waals surface area contributed by atoms with E-state index in [-0.39, 0.29) is 6.10 Å². The molecule has 0 aliphatic heterocycles. The van der Waals surface area contributed by atoms with E-state index in [9.17, 15) is 0 Å². The maximum atomic E-state index is 5.90. The van der Waals surface area contributed by atoms with Crippen LogP contribution in [0.15, 0.2) is 48.5 Å². The van der Waals surface area contributed by atoms with Gasteiger partial charge < -0.3 is 19.5 Å². The molecule has 0 aromatic heterocycles. The zero-order chi connectivity index (χ0) is 18.6. The molecule has 1 N–H and O–H groups in total. The van der Waals surface area contributed by atoms with Crippen molar-refractivity contribution in [2.75, 3.05) is 25.6 Å². The van der Waals surface area contributed by atoms with Gasteiger partial charge in [0.15, 0.2) is 0 Å². The Balaban J connectivity index is 1.69. The molecule has 0 aliphatic carbocycles. The summed E-state index contributed by atoms with van der Waals surface area (Å²) in [5.74, 6) is 2.59. The number of nitrogens with one attached hydrogen (secondary N) is 1. The van der Waals surface area contributed by atoms with Gasteiger partial charge >= 0.3 is 0 Å². The summed E-state index contributed by atoms with van der Waals surface area (Å²) in [5, 5.41) is 3.39. The first-order chi connectivity index (χ1) is 12.7. The molecule has 1 atom stereocenters. The van der Waals surface area contributed by atoms with Crippen molar-refractivity contribution < 1.29 is 14.2 Å². The highest BCUT2D eigenvalue weighted by atomic mass is 16.5. The summed E-state index contributed by atoms with van der Waals surface area (Å²) in [4.78, 5) is 0. The van der Waals surface area contributed by atoms with Gasteiger partial charge in [0.05, 0.1) is 20.3 Å². The number of methoxy groups -OCH3 is 1. The fourth-order valence-corrected chi connectivity index (χ4v) is 2.58. The molecule has 26 heavy (non-hydrogen) atoms. The van der Waals surface area contributed by atoms with Gasteiger partial charge in [0.2, 0.25) is 0 Å². The van der Waals surface area contributed by atoms with Crippen LogP contribution in [0, 0.1) is 0 Å². The Labute approximate surface area is 157 Å². The van der Waals surface area contributed by atoms with Gasteiger partial charge in [-0.25, -0.2) is 0 Å². The van der Waals surface area contributed by atoms with Gasteiger partial charge in [-0.1, -0.05) is 26.2 Å². The molecule has 0 heterocycles. The van der Waals surface area contributed by atoms with Crippen LogP contribution in [0.25, 0.3) is 0 Å². The number of ether oxygens (including phenoxy) is 3. The summed E-state index contributed by atoms with van der Waals surface area (Å²) in [6.45, 7) is 5.78. The minimum Gasteiger partial charge on any atom is -0.497 e. The lowest BCUT2D eigenvalue weighted by Crippen LogP contribution is -2.22. The van der Waals surface area contributed by atoms with E-state index in [1.54, 1.807) is 7.11 Å². The fraction of sp³-hybridized carbons (Fsp3) is 0.455. The second-order valence-corrected chi connectivity index (χ2v) is 6.42. The van der Waals surface area contributed by atoms with Gasteiger partial charge in [-0.15, -0.1) is 0 Å². The van der Waals surface area contributed by atoms with Gasteiger partial charge in [0.1, 0.15) is 23.4 Å². The molecule has 0 amide bonds. The van der Waals surface area contributed by atoms with E-state index in [1.807, 2.05) is 55.5 Å². The van der Waals surface area contributed by atoms with Crippen LogP contribution < -0.4 is 19.5 Å². The zero-order valence-corrected chi connectivity index (χ0v) is 16.2. The highest BCUT2D eigenvalue weighted by Gasteiger charge is 2.05. The quantitative estimate of drug-likeness (QED) is 0.507. The largest absolute Gasteiger partial charge is 0.497 e. The molecule has 1 unspecified atom stereocenters. The summed E-state index contributed by atoms with van der Waals surface area (Å²) >= 11 is 0. The average Bonchev–Trinajstić information content (AvgIpc) is 2.68. The summed E-state index contributed by atoms with van der Waals surface area (Å²) in [5.41, 5.74) is 1.06. The zero-order valence-electron chi connectivity index (χ0n) is 16.2. The molecule has 0 saturated heterocycles. The van der Waals surface area contributed by atoms with E-state index in [0.29, 0.717) is 0 Å². The molecule has 0 aliphatic rings. The highest BCUT2D eigenvalue weighted by Crippen LogP contribution is 2.19. The molecule has 142 valence electrons. The summed E-state index contributed by atoms with van der Waals surface area (Å²) < 4.78 is 16.8. The lowest BCUT2D eigenvalue weighted by atomic mass is 10.2. The van der Waals surface area contributed by atoms with Crippen LogP contribution in [0.5, 0.6) is 17.2 Å². The van der Waals surface area contributed by atoms with Gasteiger partial charge in [-0.05, 0) is 61.9 Å². The lowest BCUT2D eigenvalue weighted by molar-refractivity contribution is 0.234. The molecule has 0 saturated carbocycles. The molecule has 2 rings (SSSR count). The minimum atomic E-state index is 0.0536. The number of hydrogen-bond donors (Lipinski definition) is 1. The van der Waals surface area contributed by atoms with Crippen LogP contribution in [0.1, 0.15) is 39.5 Å². The lowest BCUT2D eigenvalue weighted by Gasteiger charge is -2.16. The molecule has 4 nitrogen and oxygen atoms in total. The molecule has 2 aromatic rings. The Morgan fingerprint density at radius 1 is 0.846 bits per heavy atom. The molecule has 2 aromatic carbocycles. The Bertz CT molecular complexity index is 610. The first-order valence-electron chi connectivity index (χ1n) is 9.48. The van der Waals surface area contributed by atoms with Crippen molar-refractivity contribution in [1.82, 2.24) is 0 Å². The van der Waals surface area contributed by atoms with Crippen molar-refractivity contribution in [2.45, 2.75) is 45.6 Å². The van der Waals surface area contributed by atoms with Gasteiger partial charge in [0.25, 0.3) is 0 Å². The summed E-state index contributed by atoms with van der Waals surface area (Å²) in [6, 6.07) is 15.7. The number of unbranched alkanes of at least 4 members (excludes halogenated alkanes) is 3. The first-order valence-corrected chi connectivity index (χ1v) is 9.48. The van der Waals surface area contributed by atoms with Crippen LogP contribution in [0.2, 0.25) is 0 Å². The number of anilines is 1. The maximum absolute atomic E-state index is 5.90. The van der Waals surface area contributed by atoms with Crippen LogP contribution in [0.3, 0.4) is 0 Å². The van der Waals surface area contributed by atoms with Crippen molar-refractivity contribution in [2.24, 2.45) is 0 Å². The van der Waals surface area contributed by atoms with E-state index < -0.39 is 0 Å². The predicted molar refractivity (Wildman–Crippen MR) is 108 cm³/mol. The average molecular weight is 357 g/mol. The first kappa shape index (κ1) is 20.0. The molecule has 0 bridgehead atoms. The molecular formula is C22H31NO3.